The number of hydrogen-bond acceptors (Lipinski definition) is 6. The molecule has 1 aliphatic heterocycles. The van der Waals surface area contributed by atoms with E-state index in [1.165, 1.54) is 31.5 Å². The first-order valence-corrected chi connectivity index (χ1v) is 11.8. The van der Waals surface area contributed by atoms with E-state index in [9.17, 15) is 27.1 Å². The quantitative estimate of drug-likeness (QED) is 0.598. The van der Waals surface area contributed by atoms with Crippen molar-refractivity contribution in [1.82, 2.24) is 14.3 Å². The van der Waals surface area contributed by atoms with Crippen molar-refractivity contribution in [2.75, 3.05) is 11.4 Å². The third-order valence-corrected chi connectivity index (χ3v) is 7.78. The van der Waals surface area contributed by atoms with Crippen molar-refractivity contribution in [3.63, 3.8) is 0 Å². The predicted molar refractivity (Wildman–Crippen MR) is 118 cm³/mol. The number of rotatable bonds is 4. The minimum absolute atomic E-state index is 0.0397. The summed E-state index contributed by atoms with van der Waals surface area (Å²) in [5, 5.41) is 14.4. The number of β-amino-alcohol motifs (C(OH)–C–C–N with tert-alkyl or cyclic N) is 1. The Kier molecular flexibility index (Phi) is 5.65. The zero-order valence-corrected chi connectivity index (χ0v) is 19.1. The summed E-state index contributed by atoms with van der Waals surface area (Å²) >= 11 is 0. The maximum atomic E-state index is 14.5. The number of benzene rings is 1. The van der Waals surface area contributed by atoms with Gasteiger partial charge in [0.1, 0.15) is 11.6 Å². The summed E-state index contributed by atoms with van der Waals surface area (Å²) < 4.78 is 55.4. The predicted octanol–water partition coefficient (Wildman–Crippen LogP) is 2.78. The van der Waals surface area contributed by atoms with Crippen LogP contribution in [0.4, 0.5) is 14.5 Å². The number of pyridine rings is 1. The Morgan fingerprint density at radius 2 is 1.94 bits per heavy atom. The van der Waals surface area contributed by atoms with Crippen LogP contribution in [0.5, 0.6) is 0 Å². The van der Waals surface area contributed by atoms with Gasteiger partial charge in [-0.2, -0.15) is 5.10 Å². The minimum Gasteiger partial charge on any atom is -0.391 e. The number of anilines is 1. The number of amides is 1. The maximum Gasteiger partial charge on any atom is 0.268 e. The monoisotopic (exact) mass is 478 g/mol. The zero-order valence-electron chi connectivity index (χ0n) is 18.3. The summed E-state index contributed by atoms with van der Waals surface area (Å²) in [6.45, 7) is 4.59. The molecule has 1 aliphatic rings. The topological polar surface area (TPSA) is 104 Å². The highest BCUT2D eigenvalue weighted by Crippen LogP contribution is 2.38. The lowest BCUT2D eigenvalue weighted by atomic mass is 10.0. The molecule has 2 unspecified atom stereocenters. The van der Waals surface area contributed by atoms with Gasteiger partial charge in [0.15, 0.2) is 0 Å². The van der Waals surface area contributed by atoms with Crippen LogP contribution in [0.2, 0.25) is 0 Å². The highest BCUT2D eigenvalue weighted by molar-refractivity contribution is 7.91. The van der Waals surface area contributed by atoms with E-state index in [1.807, 2.05) is 0 Å². The van der Waals surface area contributed by atoms with Gasteiger partial charge in [-0.1, -0.05) is 0 Å². The largest absolute Gasteiger partial charge is 0.391 e. The molecule has 0 aliphatic carbocycles. The molecule has 0 spiro atoms. The van der Waals surface area contributed by atoms with Crippen molar-refractivity contribution in [1.29, 1.82) is 0 Å². The molecule has 0 saturated carbocycles. The fourth-order valence-electron chi connectivity index (χ4n) is 3.82. The number of aromatic nitrogens is 2. The SMILES string of the molecule is CC(C)(C)S(=O)(=O)NC(=O)c1cnn2ccc(N3CC(O)CC3c3cc(F)ccc3F)cc12. The van der Waals surface area contributed by atoms with E-state index in [0.29, 0.717) is 11.2 Å². The first kappa shape index (κ1) is 23.1. The molecule has 2 N–H and O–H groups in total. The van der Waals surface area contributed by atoms with Crippen molar-refractivity contribution in [2.45, 2.75) is 44.1 Å². The van der Waals surface area contributed by atoms with Gasteiger partial charge in [0.2, 0.25) is 10.0 Å². The van der Waals surface area contributed by atoms with Gasteiger partial charge in [-0.05, 0) is 57.5 Å². The van der Waals surface area contributed by atoms with Gasteiger partial charge in [-0.15, -0.1) is 0 Å². The number of aliphatic hydroxyl groups is 1. The van der Waals surface area contributed by atoms with Crippen LogP contribution in [0.15, 0.2) is 42.7 Å². The van der Waals surface area contributed by atoms with Crippen LogP contribution in [0.1, 0.15) is 49.2 Å². The highest BCUT2D eigenvalue weighted by Gasteiger charge is 2.35. The second-order valence-corrected chi connectivity index (χ2v) is 11.5. The van der Waals surface area contributed by atoms with Crippen LogP contribution < -0.4 is 9.62 Å². The first-order valence-electron chi connectivity index (χ1n) is 10.3. The average Bonchev–Trinajstić information content (AvgIpc) is 3.31. The Bertz CT molecular complexity index is 1330. The smallest absolute Gasteiger partial charge is 0.268 e. The van der Waals surface area contributed by atoms with Crippen molar-refractivity contribution < 1.29 is 27.1 Å². The fourth-order valence-corrected chi connectivity index (χ4v) is 4.48. The number of halogens is 2. The summed E-state index contributed by atoms with van der Waals surface area (Å²) in [6, 6.07) is 5.84. The van der Waals surface area contributed by atoms with Crippen molar-refractivity contribution >= 4 is 27.1 Å². The summed E-state index contributed by atoms with van der Waals surface area (Å²) in [5.41, 5.74) is 1.03. The molecule has 8 nitrogen and oxygen atoms in total. The van der Waals surface area contributed by atoms with E-state index < -0.39 is 44.5 Å². The van der Waals surface area contributed by atoms with Crippen LogP contribution in [-0.4, -0.2) is 46.4 Å². The average molecular weight is 479 g/mol. The normalized spacial score (nSPS) is 19.3. The van der Waals surface area contributed by atoms with Gasteiger partial charge in [-0.25, -0.2) is 26.4 Å². The summed E-state index contributed by atoms with van der Waals surface area (Å²) in [6.07, 6.45) is 2.26. The molecule has 1 fully saturated rings. The van der Waals surface area contributed by atoms with E-state index in [2.05, 4.69) is 9.82 Å². The fraction of sp³-hybridized carbons (Fsp3) is 0.364. The van der Waals surface area contributed by atoms with Crippen molar-refractivity contribution in [3.05, 3.63) is 65.5 Å². The Balaban J connectivity index is 1.72. The lowest BCUT2D eigenvalue weighted by Gasteiger charge is -2.27. The molecule has 1 amide bonds. The molecule has 3 heterocycles. The number of sulfonamides is 1. The van der Waals surface area contributed by atoms with Gasteiger partial charge >= 0.3 is 0 Å². The summed E-state index contributed by atoms with van der Waals surface area (Å²) in [5.74, 6) is -2.00. The standard InChI is InChI=1S/C22H24F2N4O4S/c1-22(2,3)33(31,32)26-21(30)17-11-25-28-7-6-14(9-20(17)28)27-12-15(29)10-19(27)16-8-13(23)4-5-18(16)24/h4-9,11,15,19,29H,10,12H2,1-3H3,(H,26,30). The van der Waals surface area contributed by atoms with Crippen LogP contribution in [-0.2, 0) is 10.0 Å². The number of aliphatic hydroxyl groups excluding tert-OH is 1. The van der Waals surface area contributed by atoms with E-state index in [0.717, 1.165) is 18.2 Å². The van der Waals surface area contributed by atoms with Crippen molar-refractivity contribution in [3.8, 4) is 0 Å². The van der Waals surface area contributed by atoms with Gasteiger partial charge in [-0.3, -0.25) is 4.79 Å². The molecule has 0 bridgehead atoms. The number of nitrogens with one attached hydrogen (secondary N) is 1. The third-order valence-electron chi connectivity index (χ3n) is 5.71. The van der Waals surface area contributed by atoms with Crippen LogP contribution >= 0.6 is 0 Å². The lowest BCUT2D eigenvalue weighted by Crippen LogP contribution is -2.42. The van der Waals surface area contributed by atoms with Crippen LogP contribution in [0.3, 0.4) is 0 Å². The summed E-state index contributed by atoms with van der Waals surface area (Å²) in [4.78, 5) is 14.5. The molecule has 3 aromatic rings. The van der Waals surface area contributed by atoms with Gasteiger partial charge < -0.3 is 10.0 Å². The molecular weight excluding hydrogens is 454 g/mol. The van der Waals surface area contributed by atoms with E-state index >= 15 is 0 Å². The van der Waals surface area contributed by atoms with E-state index in [1.54, 1.807) is 23.2 Å². The Hall–Kier alpha value is -3.05. The van der Waals surface area contributed by atoms with Crippen LogP contribution in [0.25, 0.3) is 5.52 Å². The number of nitrogens with zero attached hydrogens (tertiary/aromatic N) is 3. The molecule has 2 atom stereocenters. The number of carbonyl (C=O) groups is 1. The van der Waals surface area contributed by atoms with Crippen molar-refractivity contribution in [2.24, 2.45) is 0 Å². The van der Waals surface area contributed by atoms with E-state index in [-0.39, 0.29) is 24.1 Å². The first-order chi connectivity index (χ1) is 15.4. The maximum absolute atomic E-state index is 14.5. The van der Waals surface area contributed by atoms with Crippen LogP contribution in [0, 0.1) is 11.6 Å². The molecule has 1 saturated heterocycles. The van der Waals surface area contributed by atoms with Gasteiger partial charge in [0, 0.05) is 24.0 Å². The van der Waals surface area contributed by atoms with Gasteiger partial charge in [0.25, 0.3) is 5.91 Å². The number of carbonyl (C=O) groups excluding carboxylic acids is 1. The Morgan fingerprint density at radius 3 is 2.64 bits per heavy atom. The second kappa shape index (κ2) is 8.07. The molecule has 1 aromatic carbocycles. The highest BCUT2D eigenvalue weighted by atomic mass is 32.2. The lowest BCUT2D eigenvalue weighted by molar-refractivity contribution is 0.0982. The summed E-state index contributed by atoms with van der Waals surface area (Å²) in [7, 11) is -3.94. The molecule has 176 valence electrons. The van der Waals surface area contributed by atoms with E-state index in [4.69, 9.17) is 0 Å². The number of hydrogen-bond donors (Lipinski definition) is 2. The Labute approximate surface area is 189 Å². The van der Waals surface area contributed by atoms with Gasteiger partial charge in [0.05, 0.1) is 34.2 Å². The third kappa shape index (κ3) is 4.30. The molecule has 2 aromatic heterocycles. The molecule has 0 radical (unpaired) electrons. The second-order valence-electron chi connectivity index (χ2n) is 9.04. The zero-order chi connectivity index (χ0) is 24.1. The number of fused-ring (bicyclic) bond motifs is 1. The molecule has 33 heavy (non-hydrogen) atoms. The molecular formula is C22H24F2N4O4S. The minimum atomic E-state index is -3.94. The Morgan fingerprint density at radius 1 is 1.21 bits per heavy atom. The molecule has 4 rings (SSSR count). The molecule has 11 heteroatoms.